The third-order valence-electron chi connectivity index (χ3n) is 5.71. The molecule has 4 aromatic rings. The summed E-state index contributed by atoms with van der Waals surface area (Å²) in [5, 5.41) is 3.43. The fourth-order valence-corrected chi connectivity index (χ4v) is 4.13. The number of furan rings is 1. The molecule has 2 aromatic carbocycles. The van der Waals surface area contributed by atoms with E-state index in [1.807, 2.05) is 42.5 Å². The van der Waals surface area contributed by atoms with E-state index < -0.39 is 18.5 Å². The van der Waals surface area contributed by atoms with Gasteiger partial charge in [-0.15, -0.1) is 0 Å². The van der Waals surface area contributed by atoms with Gasteiger partial charge in [0.05, 0.1) is 30.1 Å². The van der Waals surface area contributed by atoms with Crippen molar-refractivity contribution in [1.82, 2.24) is 4.98 Å². The highest BCUT2D eigenvalue weighted by atomic mass is 16.5. The quantitative estimate of drug-likeness (QED) is 0.407. The zero-order valence-corrected chi connectivity index (χ0v) is 18.5. The summed E-state index contributed by atoms with van der Waals surface area (Å²) in [5.74, 6) is 0.450. The number of para-hydroxylation sites is 1. The van der Waals surface area contributed by atoms with Crippen LogP contribution in [-0.2, 0) is 16.0 Å². The highest BCUT2D eigenvalue weighted by molar-refractivity contribution is 6.07. The van der Waals surface area contributed by atoms with Crippen molar-refractivity contribution in [2.24, 2.45) is 0 Å². The molecule has 2 heterocycles. The minimum Gasteiger partial charge on any atom is -0.497 e. The maximum Gasteiger partial charge on any atom is 0.339 e. The van der Waals surface area contributed by atoms with Gasteiger partial charge in [-0.1, -0.05) is 18.2 Å². The van der Waals surface area contributed by atoms with Gasteiger partial charge < -0.3 is 19.2 Å². The molecular weight excluding hydrogens is 432 g/mol. The third-order valence-corrected chi connectivity index (χ3v) is 5.71. The van der Waals surface area contributed by atoms with Crippen molar-refractivity contribution in [1.29, 1.82) is 0 Å². The second-order valence-corrected chi connectivity index (χ2v) is 7.87. The Hall–Kier alpha value is -4.39. The fourth-order valence-electron chi connectivity index (χ4n) is 4.13. The molecule has 0 aliphatic heterocycles. The second kappa shape index (κ2) is 9.23. The van der Waals surface area contributed by atoms with Crippen LogP contribution in [0.3, 0.4) is 0 Å². The van der Waals surface area contributed by atoms with Crippen molar-refractivity contribution >= 4 is 40.1 Å². The zero-order valence-electron chi connectivity index (χ0n) is 18.5. The highest BCUT2D eigenvalue weighted by Gasteiger charge is 2.28. The molecular formula is C27H22N2O5. The van der Waals surface area contributed by atoms with Gasteiger partial charge in [0.25, 0.3) is 5.91 Å². The molecule has 1 N–H and O–H groups in total. The Bertz CT molecular complexity index is 1390. The van der Waals surface area contributed by atoms with E-state index in [-0.39, 0.29) is 0 Å². The Morgan fingerprint density at radius 2 is 1.88 bits per heavy atom. The number of hydrogen-bond acceptors (Lipinski definition) is 6. The van der Waals surface area contributed by atoms with Crippen molar-refractivity contribution in [3.05, 3.63) is 89.5 Å². The number of ether oxygens (including phenoxy) is 2. The number of carbonyl (C=O) groups excluding carboxylic acids is 2. The molecule has 0 saturated heterocycles. The van der Waals surface area contributed by atoms with Crippen LogP contribution >= 0.6 is 0 Å². The normalized spacial score (nSPS) is 13.6. The van der Waals surface area contributed by atoms with E-state index in [9.17, 15) is 9.59 Å². The first-order valence-electron chi connectivity index (χ1n) is 10.9. The lowest BCUT2D eigenvalue weighted by molar-refractivity contribution is -0.119. The van der Waals surface area contributed by atoms with Crippen LogP contribution < -0.4 is 10.1 Å². The Morgan fingerprint density at radius 1 is 1.06 bits per heavy atom. The van der Waals surface area contributed by atoms with E-state index in [4.69, 9.17) is 18.9 Å². The topological polar surface area (TPSA) is 90.7 Å². The molecule has 34 heavy (non-hydrogen) atoms. The van der Waals surface area contributed by atoms with Crippen LogP contribution in [0.15, 0.2) is 71.3 Å². The molecule has 1 aliphatic carbocycles. The first kappa shape index (κ1) is 21.5. The van der Waals surface area contributed by atoms with Crippen molar-refractivity contribution < 1.29 is 23.5 Å². The summed E-state index contributed by atoms with van der Waals surface area (Å²) in [4.78, 5) is 30.4. The van der Waals surface area contributed by atoms with Gasteiger partial charge in [-0.3, -0.25) is 4.79 Å². The average molecular weight is 454 g/mol. The predicted octanol–water partition coefficient (Wildman–Crippen LogP) is 5.12. The van der Waals surface area contributed by atoms with Crippen LogP contribution in [-0.4, -0.2) is 30.6 Å². The number of benzene rings is 2. The van der Waals surface area contributed by atoms with E-state index in [1.54, 1.807) is 37.6 Å². The number of rotatable bonds is 6. The van der Waals surface area contributed by atoms with Gasteiger partial charge >= 0.3 is 5.97 Å². The number of allylic oxidation sites excluding steroid dienone is 1. The lowest BCUT2D eigenvalue weighted by Crippen LogP contribution is -2.21. The largest absolute Gasteiger partial charge is 0.497 e. The maximum atomic E-state index is 13.2. The summed E-state index contributed by atoms with van der Waals surface area (Å²) in [6, 6.07) is 18.1. The second-order valence-electron chi connectivity index (χ2n) is 7.87. The number of fused-ring (bicyclic) bond motifs is 2. The molecule has 1 amide bonds. The zero-order chi connectivity index (χ0) is 23.5. The molecule has 7 heteroatoms. The number of carbonyl (C=O) groups is 2. The van der Waals surface area contributed by atoms with Crippen molar-refractivity contribution in [3.63, 3.8) is 0 Å². The van der Waals surface area contributed by atoms with E-state index in [0.29, 0.717) is 34.3 Å². The minimum absolute atomic E-state index is 0.397. The molecule has 5 rings (SSSR count). The summed E-state index contributed by atoms with van der Waals surface area (Å²) in [6.45, 7) is -0.397. The van der Waals surface area contributed by atoms with Crippen molar-refractivity contribution in [3.8, 4) is 5.75 Å². The molecule has 0 fully saturated rings. The number of hydrogen-bond donors (Lipinski definition) is 1. The van der Waals surface area contributed by atoms with Gasteiger partial charge in [-0.05, 0) is 72.5 Å². The standard InChI is InChI=1S/C27H22N2O5/c1-32-19-11-9-18(10-12-19)28-24(30)16-34-27(31)25-21-6-2-3-7-23(21)29-26-17(8-13-22(25)26)15-20-5-4-14-33-20/h2-7,9-12,14-15H,8,13,16H2,1H3,(H,28,30)/b17-15-. The molecule has 0 unspecified atom stereocenters. The van der Waals surface area contributed by atoms with Crippen LogP contribution in [0.2, 0.25) is 0 Å². The number of amides is 1. The number of aromatic nitrogens is 1. The summed E-state index contributed by atoms with van der Waals surface area (Å²) >= 11 is 0. The molecule has 0 spiro atoms. The minimum atomic E-state index is -0.543. The van der Waals surface area contributed by atoms with Crippen molar-refractivity contribution in [2.75, 3.05) is 19.0 Å². The smallest absolute Gasteiger partial charge is 0.339 e. The van der Waals surface area contributed by atoms with Gasteiger partial charge in [-0.25, -0.2) is 9.78 Å². The molecule has 7 nitrogen and oxygen atoms in total. The average Bonchev–Trinajstić information content (AvgIpc) is 3.52. The monoisotopic (exact) mass is 454 g/mol. The highest BCUT2D eigenvalue weighted by Crippen LogP contribution is 2.37. The van der Waals surface area contributed by atoms with E-state index >= 15 is 0 Å². The first-order chi connectivity index (χ1) is 16.6. The SMILES string of the molecule is COc1ccc(NC(=O)COC(=O)c2c3c(nc4ccccc24)/C(=C\c2ccco2)CC3)cc1. The van der Waals surface area contributed by atoms with Crippen LogP contribution in [0, 0.1) is 0 Å². The molecule has 0 bridgehead atoms. The summed E-state index contributed by atoms with van der Waals surface area (Å²) in [5.41, 5.74) is 4.34. The van der Waals surface area contributed by atoms with Crippen LogP contribution in [0.25, 0.3) is 22.6 Å². The number of nitrogens with one attached hydrogen (secondary N) is 1. The number of anilines is 1. The Balaban J connectivity index is 1.39. The van der Waals surface area contributed by atoms with Gasteiger partial charge in [0.2, 0.25) is 0 Å². The summed E-state index contributed by atoms with van der Waals surface area (Å²) in [7, 11) is 1.57. The Morgan fingerprint density at radius 3 is 2.65 bits per heavy atom. The molecule has 170 valence electrons. The van der Waals surface area contributed by atoms with Crippen molar-refractivity contribution in [2.45, 2.75) is 12.8 Å². The molecule has 0 radical (unpaired) electrons. The molecule has 0 saturated carbocycles. The number of pyridine rings is 1. The molecule has 0 atom stereocenters. The number of methoxy groups -OCH3 is 1. The van der Waals surface area contributed by atoms with E-state index in [0.717, 1.165) is 29.0 Å². The Labute approximate surface area is 196 Å². The first-order valence-corrected chi connectivity index (χ1v) is 10.9. The third kappa shape index (κ3) is 4.28. The Kier molecular flexibility index (Phi) is 5.82. The van der Waals surface area contributed by atoms with Gasteiger partial charge in [0, 0.05) is 11.1 Å². The van der Waals surface area contributed by atoms with Crippen LogP contribution in [0.5, 0.6) is 5.75 Å². The molecule has 1 aliphatic rings. The van der Waals surface area contributed by atoms with Gasteiger partial charge in [0.1, 0.15) is 11.5 Å². The van der Waals surface area contributed by atoms with E-state index in [1.165, 1.54) is 0 Å². The van der Waals surface area contributed by atoms with Crippen LogP contribution in [0.1, 0.15) is 33.8 Å². The number of nitrogens with zero attached hydrogens (tertiary/aromatic N) is 1. The fraction of sp³-hybridized carbons (Fsp3) is 0.148. The summed E-state index contributed by atoms with van der Waals surface area (Å²) in [6.07, 6.45) is 4.96. The predicted molar refractivity (Wildman–Crippen MR) is 129 cm³/mol. The number of esters is 1. The van der Waals surface area contributed by atoms with Crippen LogP contribution in [0.4, 0.5) is 5.69 Å². The maximum absolute atomic E-state index is 13.2. The molecule has 2 aromatic heterocycles. The van der Waals surface area contributed by atoms with Gasteiger partial charge in [-0.2, -0.15) is 0 Å². The lowest BCUT2D eigenvalue weighted by Gasteiger charge is -2.12. The lowest BCUT2D eigenvalue weighted by atomic mass is 10.0. The van der Waals surface area contributed by atoms with E-state index in [2.05, 4.69) is 5.32 Å². The summed E-state index contributed by atoms with van der Waals surface area (Å²) < 4.78 is 16.0. The van der Waals surface area contributed by atoms with Gasteiger partial charge in [0.15, 0.2) is 6.61 Å².